The molecule has 3 aromatic heterocycles. The molecule has 0 spiro atoms. The molecular weight excluding hydrogens is 340 g/mol. The summed E-state index contributed by atoms with van der Waals surface area (Å²) in [5.74, 6) is 0.0468. The average molecular weight is 356 g/mol. The number of aromatic amines is 1. The molecule has 25 heavy (non-hydrogen) atoms. The van der Waals surface area contributed by atoms with Gasteiger partial charge in [0.05, 0.1) is 17.3 Å². The monoisotopic (exact) mass is 356 g/mol. The highest BCUT2D eigenvalue weighted by atomic mass is 32.2. The lowest BCUT2D eigenvalue weighted by atomic mass is 9.91. The van der Waals surface area contributed by atoms with Crippen molar-refractivity contribution in [3.8, 4) is 6.07 Å². The minimum Gasteiger partial charge on any atom is -0.345 e. The molecule has 1 fully saturated rings. The first kappa shape index (κ1) is 15.9. The lowest BCUT2D eigenvalue weighted by Gasteiger charge is -2.33. The molecule has 2 atom stereocenters. The van der Waals surface area contributed by atoms with Crippen LogP contribution in [0, 0.1) is 11.3 Å². The van der Waals surface area contributed by atoms with Gasteiger partial charge in [-0.1, -0.05) is 0 Å². The Labute approximate surface area is 145 Å². The maximum absolute atomic E-state index is 11.4. The number of fused-ring (bicyclic) bond motifs is 3. The van der Waals surface area contributed by atoms with E-state index in [1.165, 1.54) is 0 Å². The molecule has 128 valence electrons. The molecule has 0 radical (unpaired) electrons. The summed E-state index contributed by atoms with van der Waals surface area (Å²) in [7, 11) is -2.81. The third-order valence-corrected chi connectivity index (χ3v) is 5.55. The number of pyridine rings is 1. The Hall–Kier alpha value is -2.57. The molecule has 4 heterocycles. The third-order valence-electron chi connectivity index (χ3n) is 4.71. The molecule has 1 saturated heterocycles. The Morgan fingerprint density at radius 2 is 2.24 bits per heavy atom. The standard InChI is InChI=1S/C16H16N6O2S/c17-8-13(25(23)24)22-7-1-2-10(9-22)15-14-11-3-5-19-16(11)21-20-12(14)4-6-18-15/h3-6,10,13,25H,1-2,7,9H2,(H,19,21). The fraction of sp³-hybridized carbons (Fsp3) is 0.375. The topological polar surface area (TPSA) is 116 Å². The van der Waals surface area contributed by atoms with Crippen LogP contribution in [0.2, 0.25) is 0 Å². The van der Waals surface area contributed by atoms with E-state index in [4.69, 9.17) is 0 Å². The molecular formula is C16H16N6O2S. The summed E-state index contributed by atoms with van der Waals surface area (Å²) in [6.45, 7) is 1.09. The van der Waals surface area contributed by atoms with Crippen molar-refractivity contribution in [2.24, 2.45) is 0 Å². The molecule has 0 aromatic carbocycles. The highest BCUT2D eigenvalue weighted by Crippen LogP contribution is 2.33. The van der Waals surface area contributed by atoms with E-state index in [0.29, 0.717) is 18.7 Å². The Kier molecular flexibility index (Phi) is 4.07. The van der Waals surface area contributed by atoms with Crippen molar-refractivity contribution in [1.29, 1.82) is 5.26 Å². The zero-order valence-corrected chi connectivity index (χ0v) is 14.2. The second-order valence-corrected chi connectivity index (χ2v) is 7.21. The number of hydrogen-bond acceptors (Lipinski definition) is 7. The molecule has 1 aliphatic heterocycles. The number of nitrogens with one attached hydrogen (secondary N) is 1. The van der Waals surface area contributed by atoms with Crippen LogP contribution in [0.15, 0.2) is 24.5 Å². The van der Waals surface area contributed by atoms with E-state index < -0.39 is 16.1 Å². The molecule has 1 aliphatic rings. The number of rotatable bonds is 3. The number of piperidine rings is 1. The van der Waals surface area contributed by atoms with Gasteiger partial charge in [0.25, 0.3) is 0 Å². The fourth-order valence-corrected chi connectivity index (χ4v) is 4.17. The highest BCUT2D eigenvalue weighted by molar-refractivity contribution is 7.73. The lowest BCUT2D eigenvalue weighted by Crippen LogP contribution is -2.42. The summed E-state index contributed by atoms with van der Waals surface area (Å²) < 4.78 is 22.7. The predicted molar refractivity (Wildman–Crippen MR) is 92.5 cm³/mol. The van der Waals surface area contributed by atoms with Crippen molar-refractivity contribution in [3.63, 3.8) is 0 Å². The third kappa shape index (κ3) is 2.73. The Morgan fingerprint density at radius 1 is 1.36 bits per heavy atom. The Morgan fingerprint density at radius 3 is 3.04 bits per heavy atom. The smallest absolute Gasteiger partial charge is 0.198 e. The minimum absolute atomic E-state index is 0.0468. The van der Waals surface area contributed by atoms with Crippen molar-refractivity contribution in [2.45, 2.75) is 24.1 Å². The van der Waals surface area contributed by atoms with E-state index in [1.54, 1.807) is 11.1 Å². The van der Waals surface area contributed by atoms with Crippen molar-refractivity contribution in [2.75, 3.05) is 13.1 Å². The van der Waals surface area contributed by atoms with Crippen molar-refractivity contribution in [1.82, 2.24) is 25.1 Å². The lowest BCUT2D eigenvalue weighted by molar-refractivity contribution is 0.211. The number of aromatic nitrogens is 4. The first-order valence-electron chi connectivity index (χ1n) is 8.04. The van der Waals surface area contributed by atoms with Crippen molar-refractivity contribution >= 4 is 32.6 Å². The number of thiol groups is 1. The van der Waals surface area contributed by atoms with E-state index in [9.17, 15) is 13.7 Å². The van der Waals surface area contributed by atoms with Crippen LogP contribution in [0.4, 0.5) is 0 Å². The van der Waals surface area contributed by atoms with Crippen LogP contribution in [0.3, 0.4) is 0 Å². The Balaban J connectivity index is 1.79. The largest absolute Gasteiger partial charge is 0.345 e. The van der Waals surface area contributed by atoms with Crippen LogP contribution in [-0.2, 0) is 10.7 Å². The first-order valence-corrected chi connectivity index (χ1v) is 9.29. The maximum atomic E-state index is 11.4. The zero-order chi connectivity index (χ0) is 17.4. The van der Waals surface area contributed by atoms with Gasteiger partial charge in [-0.05, 0) is 25.0 Å². The summed E-state index contributed by atoms with van der Waals surface area (Å²) >= 11 is 0. The first-order chi connectivity index (χ1) is 12.2. The van der Waals surface area contributed by atoms with Crippen LogP contribution >= 0.6 is 0 Å². The molecule has 4 rings (SSSR count). The molecule has 0 bridgehead atoms. The molecule has 2 unspecified atom stereocenters. The molecule has 8 nitrogen and oxygen atoms in total. The average Bonchev–Trinajstić information content (AvgIpc) is 3.11. The molecule has 1 N–H and O–H groups in total. The van der Waals surface area contributed by atoms with Crippen molar-refractivity contribution in [3.05, 3.63) is 30.2 Å². The maximum Gasteiger partial charge on any atom is 0.198 e. The van der Waals surface area contributed by atoms with Gasteiger partial charge in [-0.3, -0.25) is 9.88 Å². The minimum atomic E-state index is -2.81. The highest BCUT2D eigenvalue weighted by Gasteiger charge is 2.30. The van der Waals surface area contributed by atoms with Crippen LogP contribution in [-0.4, -0.2) is 51.9 Å². The Bertz CT molecular complexity index is 1050. The molecule has 3 aromatic rings. The van der Waals surface area contributed by atoms with Gasteiger partial charge < -0.3 is 4.98 Å². The fourth-order valence-electron chi connectivity index (χ4n) is 3.60. The number of H-pyrrole nitrogens is 1. The van der Waals surface area contributed by atoms with Gasteiger partial charge in [-0.15, -0.1) is 10.2 Å². The SMILES string of the molecule is N#CC(N1CCCC(c2nccc3nnc4[nH]ccc4c23)C1)[SH](=O)=O. The molecule has 0 saturated carbocycles. The van der Waals surface area contributed by atoms with E-state index in [-0.39, 0.29) is 5.92 Å². The van der Waals surface area contributed by atoms with Gasteiger partial charge in [0.15, 0.2) is 21.7 Å². The van der Waals surface area contributed by atoms with Crippen LogP contribution < -0.4 is 0 Å². The van der Waals surface area contributed by atoms with Gasteiger partial charge in [0.2, 0.25) is 0 Å². The molecule has 9 heteroatoms. The molecule has 0 amide bonds. The van der Waals surface area contributed by atoms with E-state index >= 15 is 0 Å². The van der Waals surface area contributed by atoms with Gasteiger partial charge >= 0.3 is 0 Å². The van der Waals surface area contributed by atoms with Crippen LogP contribution in [0.5, 0.6) is 0 Å². The van der Waals surface area contributed by atoms with Gasteiger partial charge in [0, 0.05) is 42.2 Å². The quantitative estimate of drug-likeness (QED) is 0.676. The normalized spacial score (nSPS) is 20.1. The second kappa shape index (κ2) is 6.38. The van der Waals surface area contributed by atoms with Gasteiger partial charge in [-0.2, -0.15) is 5.26 Å². The van der Waals surface area contributed by atoms with Crippen LogP contribution in [0.25, 0.3) is 21.9 Å². The van der Waals surface area contributed by atoms with Crippen LogP contribution in [0.1, 0.15) is 24.5 Å². The summed E-state index contributed by atoms with van der Waals surface area (Å²) in [4.78, 5) is 9.37. The van der Waals surface area contributed by atoms with E-state index in [1.807, 2.05) is 24.4 Å². The molecule has 0 aliphatic carbocycles. The summed E-state index contributed by atoms with van der Waals surface area (Å²) in [5, 5.41) is 18.4. The van der Waals surface area contributed by atoms with Crippen molar-refractivity contribution < 1.29 is 8.42 Å². The number of hydrogen-bond donors (Lipinski definition) is 2. The summed E-state index contributed by atoms with van der Waals surface area (Å²) in [6, 6.07) is 5.66. The number of likely N-dealkylation sites (tertiary alicyclic amines) is 1. The second-order valence-electron chi connectivity index (χ2n) is 6.15. The van der Waals surface area contributed by atoms with Gasteiger partial charge in [-0.25, -0.2) is 8.42 Å². The summed E-state index contributed by atoms with van der Waals surface area (Å²) in [6.07, 6.45) is 5.24. The van der Waals surface area contributed by atoms with E-state index in [0.717, 1.165) is 34.8 Å². The predicted octanol–water partition coefficient (Wildman–Crippen LogP) is 1.15. The van der Waals surface area contributed by atoms with E-state index in [2.05, 4.69) is 20.2 Å². The van der Waals surface area contributed by atoms with Gasteiger partial charge in [0.1, 0.15) is 0 Å². The summed E-state index contributed by atoms with van der Waals surface area (Å²) in [5.41, 5.74) is 2.35. The number of nitriles is 1. The number of nitrogens with zero attached hydrogens (tertiary/aromatic N) is 5. The zero-order valence-electron chi connectivity index (χ0n) is 13.3.